The molecule has 4 nitrogen and oxygen atoms in total. The van der Waals surface area contributed by atoms with Crippen molar-refractivity contribution in [3.8, 4) is 11.1 Å². The maximum Gasteiger partial charge on any atom is 0.205 e. The maximum absolute atomic E-state index is 14.0. The van der Waals surface area contributed by atoms with Gasteiger partial charge in [-0.1, -0.05) is 60.1 Å². The molecule has 0 fully saturated rings. The summed E-state index contributed by atoms with van der Waals surface area (Å²) in [5, 5.41) is 12.0. The van der Waals surface area contributed by atoms with Crippen molar-refractivity contribution in [1.29, 1.82) is 0 Å². The van der Waals surface area contributed by atoms with Crippen molar-refractivity contribution in [3.05, 3.63) is 101 Å². The van der Waals surface area contributed by atoms with Crippen LogP contribution in [0.3, 0.4) is 0 Å². The highest BCUT2D eigenvalue weighted by atomic mass is 35.5. The first-order chi connectivity index (χ1) is 15.3. The highest BCUT2D eigenvalue weighted by molar-refractivity contribution is 6.33. The Labute approximate surface area is 190 Å². The zero-order valence-corrected chi connectivity index (χ0v) is 18.1. The van der Waals surface area contributed by atoms with E-state index in [1.54, 1.807) is 28.8 Å². The zero-order valence-electron chi connectivity index (χ0n) is 17.3. The Morgan fingerprint density at radius 3 is 2.59 bits per heavy atom. The average molecular weight is 447 g/mol. The second kappa shape index (κ2) is 8.58. The maximum atomic E-state index is 14.0. The molecule has 160 valence electrons. The molecule has 32 heavy (non-hydrogen) atoms. The molecule has 4 rings (SSSR count). The molecule has 3 aromatic carbocycles. The van der Waals surface area contributed by atoms with Crippen molar-refractivity contribution in [3.63, 3.8) is 0 Å². The van der Waals surface area contributed by atoms with Gasteiger partial charge in [-0.3, -0.25) is 4.79 Å². The van der Waals surface area contributed by atoms with Gasteiger partial charge in [0.05, 0.1) is 13.1 Å². The van der Waals surface area contributed by atoms with Crippen LogP contribution in [0.4, 0.5) is 10.1 Å². The van der Waals surface area contributed by atoms with Crippen LogP contribution in [-0.2, 0) is 17.8 Å². The summed E-state index contributed by atoms with van der Waals surface area (Å²) in [7, 11) is 0. The van der Waals surface area contributed by atoms with Crippen LogP contribution in [-0.4, -0.2) is 21.1 Å². The molecule has 1 heterocycles. The SMILES string of the molecule is [C-]#[N+]c1ccc(CC(=O)[C@@](C)(O)Cn2cc(-c3ccccc3)c3cc(F)ccc32)cc1Cl. The Morgan fingerprint density at radius 1 is 1.16 bits per heavy atom. The molecule has 0 amide bonds. The van der Waals surface area contributed by atoms with E-state index in [0.29, 0.717) is 16.6 Å². The van der Waals surface area contributed by atoms with Crippen LogP contribution >= 0.6 is 11.6 Å². The van der Waals surface area contributed by atoms with Gasteiger partial charge in [0.1, 0.15) is 11.4 Å². The lowest BCUT2D eigenvalue weighted by Gasteiger charge is -2.23. The quantitative estimate of drug-likeness (QED) is 0.358. The Bertz CT molecular complexity index is 1350. The Morgan fingerprint density at radius 2 is 1.91 bits per heavy atom. The van der Waals surface area contributed by atoms with E-state index in [1.165, 1.54) is 19.1 Å². The molecule has 0 bridgehead atoms. The lowest BCUT2D eigenvalue weighted by Crippen LogP contribution is -2.40. The van der Waals surface area contributed by atoms with Crippen molar-refractivity contribution in [1.82, 2.24) is 4.57 Å². The first-order valence-corrected chi connectivity index (χ1v) is 10.4. The third-order valence-electron chi connectivity index (χ3n) is 5.50. The zero-order chi connectivity index (χ0) is 22.9. The largest absolute Gasteiger partial charge is 0.380 e. The minimum absolute atomic E-state index is 0.00860. The predicted octanol–water partition coefficient (Wildman–Crippen LogP) is 6.21. The van der Waals surface area contributed by atoms with Crippen molar-refractivity contribution in [2.45, 2.75) is 25.5 Å². The van der Waals surface area contributed by atoms with Crippen LogP contribution in [0.15, 0.2) is 72.9 Å². The molecule has 1 N–H and O–H groups in total. The lowest BCUT2D eigenvalue weighted by molar-refractivity contribution is -0.136. The summed E-state index contributed by atoms with van der Waals surface area (Å²) in [5.41, 5.74) is 1.74. The highest BCUT2D eigenvalue weighted by Gasteiger charge is 2.31. The summed E-state index contributed by atoms with van der Waals surface area (Å²) in [6.07, 6.45) is 1.81. The van der Waals surface area contributed by atoms with Gasteiger partial charge in [-0.15, -0.1) is 0 Å². The normalized spacial score (nSPS) is 13.0. The number of fused-ring (bicyclic) bond motifs is 1. The van der Waals surface area contributed by atoms with E-state index in [9.17, 15) is 14.3 Å². The van der Waals surface area contributed by atoms with E-state index in [-0.39, 0.29) is 29.6 Å². The molecule has 0 saturated heterocycles. The average Bonchev–Trinajstić information content (AvgIpc) is 3.11. The molecule has 0 spiro atoms. The molecular formula is C26H20ClFN2O2. The highest BCUT2D eigenvalue weighted by Crippen LogP contribution is 2.32. The van der Waals surface area contributed by atoms with E-state index >= 15 is 0 Å². The number of carbonyl (C=O) groups excluding carboxylic acids is 1. The van der Waals surface area contributed by atoms with Crippen LogP contribution < -0.4 is 0 Å². The fourth-order valence-corrected chi connectivity index (χ4v) is 4.04. The first-order valence-electron chi connectivity index (χ1n) is 10.0. The van der Waals surface area contributed by atoms with Crippen molar-refractivity contribution < 1.29 is 14.3 Å². The minimum Gasteiger partial charge on any atom is -0.380 e. The Balaban J connectivity index is 1.65. The van der Waals surface area contributed by atoms with Crippen LogP contribution in [0.25, 0.3) is 26.9 Å². The van der Waals surface area contributed by atoms with Gasteiger partial charge in [0.25, 0.3) is 0 Å². The van der Waals surface area contributed by atoms with E-state index in [1.807, 2.05) is 36.5 Å². The number of hydrogen-bond acceptors (Lipinski definition) is 2. The number of nitrogens with zero attached hydrogens (tertiary/aromatic N) is 2. The lowest BCUT2D eigenvalue weighted by atomic mass is 9.95. The first kappa shape index (κ1) is 21.8. The molecule has 0 aliphatic rings. The van der Waals surface area contributed by atoms with Gasteiger partial charge < -0.3 is 9.67 Å². The third kappa shape index (κ3) is 4.29. The molecule has 0 saturated carbocycles. The van der Waals surface area contributed by atoms with E-state index in [4.69, 9.17) is 18.2 Å². The number of halogens is 2. The summed E-state index contributed by atoms with van der Waals surface area (Å²) in [6.45, 7) is 8.55. The predicted molar refractivity (Wildman–Crippen MR) is 124 cm³/mol. The molecule has 4 aromatic rings. The molecule has 6 heteroatoms. The van der Waals surface area contributed by atoms with E-state index in [2.05, 4.69) is 4.85 Å². The second-order valence-corrected chi connectivity index (χ2v) is 8.38. The summed E-state index contributed by atoms with van der Waals surface area (Å²) in [6, 6.07) is 18.9. The van der Waals surface area contributed by atoms with Crippen LogP contribution in [0, 0.1) is 12.4 Å². The van der Waals surface area contributed by atoms with Crippen LogP contribution in [0.2, 0.25) is 5.02 Å². The van der Waals surface area contributed by atoms with Crippen molar-refractivity contribution in [2.24, 2.45) is 0 Å². The smallest absolute Gasteiger partial charge is 0.205 e. The van der Waals surface area contributed by atoms with Crippen LogP contribution in [0.1, 0.15) is 12.5 Å². The molecule has 0 unspecified atom stereocenters. The number of aromatic nitrogens is 1. The number of benzene rings is 3. The molecule has 0 aliphatic carbocycles. The van der Waals surface area contributed by atoms with Gasteiger partial charge in [-0.05, 0) is 36.2 Å². The van der Waals surface area contributed by atoms with Gasteiger partial charge in [-0.25, -0.2) is 9.24 Å². The van der Waals surface area contributed by atoms with E-state index < -0.39 is 5.60 Å². The van der Waals surface area contributed by atoms with Gasteiger partial charge in [-0.2, -0.15) is 0 Å². The third-order valence-corrected chi connectivity index (χ3v) is 5.81. The molecular weight excluding hydrogens is 427 g/mol. The summed E-state index contributed by atoms with van der Waals surface area (Å²) in [4.78, 5) is 16.3. The van der Waals surface area contributed by atoms with Crippen molar-refractivity contribution >= 4 is 34.0 Å². The Kier molecular flexibility index (Phi) is 5.84. The molecule has 1 atom stereocenters. The summed E-state index contributed by atoms with van der Waals surface area (Å²) in [5.74, 6) is -0.732. The van der Waals surface area contributed by atoms with Gasteiger partial charge in [0.2, 0.25) is 5.69 Å². The minimum atomic E-state index is -1.67. The number of hydrogen-bond donors (Lipinski definition) is 1. The molecule has 0 aliphatic heterocycles. The molecule has 0 radical (unpaired) electrons. The standard InChI is InChI=1S/C26H20ClFN2O2/c1-26(32,25(31)13-17-8-10-23(29-2)22(27)12-17)16-30-15-21(18-6-4-3-5-7-18)20-14-19(28)9-11-24(20)30/h3-12,14-15,32H,13,16H2,1H3/t26-/m0/s1. The van der Waals surface area contributed by atoms with Crippen LogP contribution in [0.5, 0.6) is 0 Å². The topological polar surface area (TPSA) is 46.6 Å². The number of aliphatic hydroxyl groups is 1. The fourth-order valence-electron chi connectivity index (χ4n) is 3.79. The summed E-state index contributed by atoms with van der Waals surface area (Å²) >= 11 is 6.07. The van der Waals surface area contributed by atoms with E-state index in [0.717, 1.165) is 16.6 Å². The number of carbonyl (C=O) groups is 1. The second-order valence-electron chi connectivity index (χ2n) is 7.97. The fraction of sp³-hybridized carbons (Fsp3) is 0.154. The summed E-state index contributed by atoms with van der Waals surface area (Å²) < 4.78 is 15.8. The van der Waals surface area contributed by atoms with Crippen molar-refractivity contribution in [2.75, 3.05) is 0 Å². The number of ketones is 1. The van der Waals surface area contributed by atoms with Gasteiger partial charge in [0, 0.05) is 34.1 Å². The van der Waals surface area contributed by atoms with Gasteiger partial charge in [0.15, 0.2) is 5.78 Å². The number of rotatable bonds is 6. The van der Waals surface area contributed by atoms with Gasteiger partial charge >= 0.3 is 0 Å². The monoisotopic (exact) mass is 446 g/mol. The molecule has 1 aromatic heterocycles. The number of Topliss-reactive ketones (excluding diaryl/α,β-unsaturated/α-hetero) is 1. The Hall–Kier alpha value is -3.46.